The molecule has 0 saturated carbocycles. The molecule has 0 spiro atoms. The highest BCUT2D eigenvalue weighted by molar-refractivity contribution is 7.22. The van der Waals surface area contributed by atoms with E-state index in [4.69, 9.17) is 4.74 Å². The number of nitrogens with one attached hydrogen (secondary N) is 1. The van der Waals surface area contributed by atoms with Gasteiger partial charge in [-0.05, 0) is 31.9 Å². The third kappa shape index (κ3) is 2.33. The zero-order valence-corrected chi connectivity index (χ0v) is 11.0. The van der Waals surface area contributed by atoms with E-state index >= 15 is 0 Å². The van der Waals surface area contributed by atoms with Crippen molar-refractivity contribution in [1.82, 2.24) is 4.98 Å². The maximum absolute atomic E-state index is 13.1. The number of hydrogen-bond donors (Lipinski definition) is 1. The first-order chi connectivity index (χ1) is 8.72. The molecule has 3 nitrogen and oxygen atoms in total. The molecule has 1 aromatic heterocycles. The van der Waals surface area contributed by atoms with E-state index in [9.17, 15) is 4.39 Å². The van der Waals surface area contributed by atoms with Crippen molar-refractivity contribution in [2.75, 3.05) is 11.9 Å². The van der Waals surface area contributed by atoms with E-state index in [2.05, 4.69) is 17.2 Å². The summed E-state index contributed by atoms with van der Waals surface area (Å²) < 4.78 is 19.7. The van der Waals surface area contributed by atoms with E-state index in [0.717, 1.165) is 29.3 Å². The van der Waals surface area contributed by atoms with Crippen LogP contribution in [0.1, 0.15) is 19.8 Å². The summed E-state index contributed by atoms with van der Waals surface area (Å²) in [4.78, 5) is 4.40. The van der Waals surface area contributed by atoms with Crippen LogP contribution >= 0.6 is 11.3 Å². The van der Waals surface area contributed by atoms with Crippen molar-refractivity contribution in [3.05, 3.63) is 24.0 Å². The van der Waals surface area contributed by atoms with Gasteiger partial charge in [0.1, 0.15) is 5.82 Å². The third-order valence-corrected chi connectivity index (χ3v) is 4.19. The Morgan fingerprint density at radius 1 is 1.56 bits per heavy atom. The number of fused-ring (bicyclic) bond motifs is 1. The number of rotatable bonds is 3. The van der Waals surface area contributed by atoms with Crippen LogP contribution < -0.4 is 5.32 Å². The van der Waals surface area contributed by atoms with Crippen LogP contribution in [0.25, 0.3) is 10.2 Å². The minimum absolute atomic E-state index is 0.234. The predicted octanol–water partition coefficient (Wildman–Crippen LogP) is 3.41. The lowest BCUT2D eigenvalue weighted by Gasteiger charge is -2.19. The van der Waals surface area contributed by atoms with Crippen molar-refractivity contribution in [3.8, 4) is 0 Å². The molecule has 1 aliphatic heterocycles. The SMILES string of the molecule is CC(Nc1nc2cc(F)ccc2s1)C1CCCO1. The fraction of sp³-hybridized carbons (Fsp3) is 0.462. The number of aromatic nitrogens is 1. The zero-order valence-electron chi connectivity index (χ0n) is 10.1. The van der Waals surface area contributed by atoms with Crippen LogP contribution in [-0.2, 0) is 4.74 Å². The summed E-state index contributed by atoms with van der Waals surface area (Å²) in [5.74, 6) is -0.244. The largest absolute Gasteiger partial charge is 0.376 e. The van der Waals surface area contributed by atoms with Gasteiger partial charge in [0.05, 0.1) is 22.4 Å². The molecule has 5 heteroatoms. The van der Waals surface area contributed by atoms with E-state index in [1.807, 2.05) is 0 Å². The van der Waals surface area contributed by atoms with E-state index in [1.54, 1.807) is 17.4 Å². The average Bonchev–Trinajstić information content (AvgIpc) is 2.95. The number of benzene rings is 1. The third-order valence-electron chi connectivity index (χ3n) is 3.22. The Balaban J connectivity index is 1.77. The first kappa shape index (κ1) is 11.9. The monoisotopic (exact) mass is 266 g/mol. The normalized spacial score (nSPS) is 21.3. The van der Waals surface area contributed by atoms with E-state index in [0.29, 0.717) is 5.52 Å². The Kier molecular flexibility index (Phi) is 3.18. The number of halogens is 1. The minimum Gasteiger partial charge on any atom is -0.376 e. The lowest BCUT2D eigenvalue weighted by atomic mass is 10.1. The second-order valence-corrected chi connectivity index (χ2v) is 5.65. The molecule has 0 bridgehead atoms. The Morgan fingerprint density at radius 3 is 3.22 bits per heavy atom. The zero-order chi connectivity index (χ0) is 12.5. The molecule has 2 heterocycles. The molecule has 0 amide bonds. The van der Waals surface area contributed by atoms with Crippen molar-refractivity contribution in [3.63, 3.8) is 0 Å². The first-order valence-electron chi connectivity index (χ1n) is 6.16. The quantitative estimate of drug-likeness (QED) is 0.924. The van der Waals surface area contributed by atoms with Gasteiger partial charge < -0.3 is 10.1 Å². The summed E-state index contributed by atoms with van der Waals surface area (Å²) in [7, 11) is 0. The predicted molar refractivity (Wildman–Crippen MR) is 71.6 cm³/mol. The first-order valence-corrected chi connectivity index (χ1v) is 6.98. The van der Waals surface area contributed by atoms with Crippen LogP contribution in [-0.4, -0.2) is 23.7 Å². The van der Waals surface area contributed by atoms with Gasteiger partial charge in [0, 0.05) is 12.7 Å². The van der Waals surface area contributed by atoms with Gasteiger partial charge in [0.2, 0.25) is 0 Å². The van der Waals surface area contributed by atoms with Crippen LogP contribution in [0.4, 0.5) is 9.52 Å². The van der Waals surface area contributed by atoms with Gasteiger partial charge in [-0.1, -0.05) is 11.3 Å². The summed E-state index contributed by atoms with van der Waals surface area (Å²) in [5, 5.41) is 4.18. The molecule has 2 aromatic rings. The van der Waals surface area contributed by atoms with Crippen molar-refractivity contribution >= 4 is 26.7 Å². The summed E-state index contributed by atoms with van der Waals surface area (Å²) >= 11 is 1.55. The molecule has 3 rings (SSSR count). The van der Waals surface area contributed by atoms with Gasteiger partial charge in [-0.2, -0.15) is 0 Å². The van der Waals surface area contributed by atoms with Gasteiger partial charge in [-0.3, -0.25) is 0 Å². The summed E-state index contributed by atoms with van der Waals surface area (Å²) in [6.07, 6.45) is 2.48. The Hall–Kier alpha value is -1.20. The van der Waals surface area contributed by atoms with Crippen LogP contribution in [0.2, 0.25) is 0 Å². The van der Waals surface area contributed by atoms with Crippen LogP contribution in [0, 0.1) is 5.82 Å². The number of thiazole rings is 1. The molecule has 1 fully saturated rings. The Bertz CT molecular complexity index is 551. The molecular weight excluding hydrogens is 251 g/mol. The number of nitrogens with zero attached hydrogens (tertiary/aromatic N) is 1. The van der Waals surface area contributed by atoms with Gasteiger partial charge in [-0.25, -0.2) is 9.37 Å². The smallest absolute Gasteiger partial charge is 0.184 e. The number of anilines is 1. The van der Waals surface area contributed by atoms with E-state index in [1.165, 1.54) is 12.1 Å². The highest BCUT2D eigenvalue weighted by Crippen LogP contribution is 2.28. The van der Waals surface area contributed by atoms with Crippen LogP contribution in [0.15, 0.2) is 18.2 Å². The lowest BCUT2D eigenvalue weighted by Crippen LogP contribution is -2.29. The molecule has 2 unspecified atom stereocenters. The molecule has 0 radical (unpaired) electrons. The minimum atomic E-state index is -0.244. The van der Waals surface area contributed by atoms with E-state index < -0.39 is 0 Å². The number of hydrogen-bond acceptors (Lipinski definition) is 4. The molecule has 2 atom stereocenters. The standard InChI is InChI=1S/C13H15FN2OS/c1-8(11-3-2-6-17-11)15-13-16-10-7-9(14)4-5-12(10)18-13/h4-5,7-8,11H,2-3,6H2,1H3,(H,15,16). The molecule has 0 aliphatic carbocycles. The Morgan fingerprint density at radius 2 is 2.44 bits per heavy atom. The average molecular weight is 266 g/mol. The molecule has 1 N–H and O–H groups in total. The molecule has 96 valence electrons. The molecule has 1 saturated heterocycles. The van der Waals surface area contributed by atoms with Crippen molar-refractivity contribution in [2.24, 2.45) is 0 Å². The molecule has 18 heavy (non-hydrogen) atoms. The van der Waals surface area contributed by atoms with Gasteiger partial charge in [0.15, 0.2) is 5.13 Å². The topological polar surface area (TPSA) is 34.2 Å². The maximum Gasteiger partial charge on any atom is 0.184 e. The van der Waals surface area contributed by atoms with Crippen molar-refractivity contribution in [2.45, 2.75) is 31.9 Å². The Labute approximate surface area is 109 Å². The van der Waals surface area contributed by atoms with Gasteiger partial charge >= 0.3 is 0 Å². The molecule has 1 aromatic carbocycles. The number of ether oxygens (including phenoxy) is 1. The van der Waals surface area contributed by atoms with Crippen molar-refractivity contribution < 1.29 is 9.13 Å². The van der Waals surface area contributed by atoms with E-state index in [-0.39, 0.29) is 18.0 Å². The van der Waals surface area contributed by atoms with Crippen molar-refractivity contribution in [1.29, 1.82) is 0 Å². The van der Waals surface area contributed by atoms with Crippen LogP contribution in [0.5, 0.6) is 0 Å². The fourth-order valence-corrected chi connectivity index (χ4v) is 3.19. The second kappa shape index (κ2) is 4.82. The fourth-order valence-electron chi connectivity index (χ4n) is 2.25. The highest BCUT2D eigenvalue weighted by atomic mass is 32.1. The summed E-state index contributed by atoms with van der Waals surface area (Å²) in [6.45, 7) is 2.95. The summed E-state index contributed by atoms with van der Waals surface area (Å²) in [5.41, 5.74) is 0.710. The maximum atomic E-state index is 13.1. The summed E-state index contributed by atoms with van der Waals surface area (Å²) in [6, 6.07) is 4.93. The molecule has 1 aliphatic rings. The second-order valence-electron chi connectivity index (χ2n) is 4.62. The van der Waals surface area contributed by atoms with Gasteiger partial charge in [-0.15, -0.1) is 0 Å². The lowest BCUT2D eigenvalue weighted by molar-refractivity contribution is 0.0996. The van der Waals surface area contributed by atoms with Gasteiger partial charge in [0.25, 0.3) is 0 Å². The molecular formula is C13H15FN2OS. The highest BCUT2D eigenvalue weighted by Gasteiger charge is 2.22. The van der Waals surface area contributed by atoms with Crippen LogP contribution in [0.3, 0.4) is 0 Å².